The number of piperidine rings is 1. The van der Waals surface area contributed by atoms with Crippen molar-refractivity contribution in [2.45, 2.75) is 58.3 Å². The molecule has 0 amide bonds. The van der Waals surface area contributed by atoms with Crippen molar-refractivity contribution in [2.75, 3.05) is 13.1 Å². The van der Waals surface area contributed by atoms with Gasteiger partial charge in [0.2, 0.25) is 0 Å². The van der Waals surface area contributed by atoms with Gasteiger partial charge in [0.15, 0.2) is 0 Å². The predicted octanol–water partition coefficient (Wildman–Crippen LogP) is 3.12. The summed E-state index contributed by atoms with van der Waals surface area (Å²) in [4.78, 5) is 8.44. The zero-order chi connectivity index (χ0) is 12.4. The fraction of sp³-hybridized carbons (Fsp3) is 0.786. The summed E-state index contributed by atoms with van der Waals surface area (Å²) < 4.78 is 0. The number of nitrogens with one attached hydrogen (secondary N) is 2. The lowest BCUT2D eigenvalue weighted by atomic mass is 9.99. The van der Waals surface area contributed by atoms with E-state index in [9.17, 15) is 0 Å². The first kappa shape index (κ1) is 12.6. The molecular formula is C14H25N3. The molecule has 1 fully saturated rings. The van der Waals surface area contributed by atoms with Crippen molar-refractivity contribution < 1.29 is 0 Å². The largest absolute Gasteiger partial charge is 0.345 e. The number of H-pyrrole nitrogens is 1. The monoisotopic (exact) mass is 235 g/mol. The minimum atomic E-state index is 0.508. The average Bonchev–Trinajstić information content (AvgIpc) is 2.75. The van der Waals surface area contributed by atoms with Crippen molar-refractivity contribution in [1.29, 1.82) is 0 Å². The van der Waals surface area contributed by atoms with E-state index >= 15 is 0 Å². The van der Waals surface area contributed by atoms with Crippen LogP contribution in [0, 0.1) is 0 Å². The predicted molar refractivity (Wildman–Crippen MR) is 71.6 cm³/mol. The number of rotatable bonds is 3. The van der Waals surface area contributed by atoms with E-state index in [1.165, 1.54) is 30.1 Å². The molecule has 0 bridgehead atoms. The minimum Gasteiger partial charge on any atom is -0.345 e. The van der Waals surface area contributed by atoms with E-state index < -0.39 is 0 Å². The van der Waals surface area contributed by atoms with Crippen LogP contribution in [0.25, 0.3) is 0 Å². The molecule has 1 atom stereocenters. The van der Waals surface area contributed by atoms with Gasteiger partial charge in [-0.3, -0.25) is 0 Å². The molecule has 0 aromatic carbocycles. The van der Waals surface area contributed by atoms with Crippen LogP contribution in [-0.2, 0) is 0 Å². The van der Waals surface area contributed by atoms with Gasteiger partial charge in [0, 0.05) is 18.2 Å². The highest BCUT2D eigenvalue weighted by atomic mass is 15.0. The molecule has 96 valence electrons. The quantitative estimate of drug-likeness (QED) is 0.845. The van der Waals surface area contributed by atoms with E-state index in [4.69, 9.17) is 4.98 Å². The fourth-order valence-electron chi connectivity index (χ4n) is 2.58. The lowest BCUT2D eigenvalue weighted by Gasteiger charge is -2.20. The third kappa shape index (κ3) is 2.71. The second-order valence-electron chi connectivity index (χ2n) is 5.77. The molecule has 2 N–H and O–H groups in total. The van der Waals surface area contributed by atoms with Gasteiger partial charge in [-0.2, -0.15) is 0 Å². The van der Waals surface area contributed by atoms with Gasteiger partial charge >= 0.3 is 0 Å². The highest BCUT2D eigenvalue weighted by Crippen LogP contribution is 2.28. The highest BCUT2D eigenvalue weighted by Gasteiger charge is 2.22. The molecular weight excluding hydrogens is 210 g/mol. The van der Waals surface area contributed by atoms with Gasteiger partial charge in [0.25, 0.3) is 0 Å². The number of imidazole rings is 1. The van der Waals surface area contributed by atoms with E-state index in [0.717, 1.165) is 13.1 Å². The summed E-state index contributed by atoms with van der Waals surface area (Å²) >= 11 is 0. The molecule has 0 radical (unpaired) electrons. The number of nitrogens with zero attached hydrogens (tertiary/aromatic N) is 1. The van der Waals surface area contributed by atoms with Crippen molar-refractivity contribution in [1.82, 2.24) is 15.3 Å². The molecule has 1 aromatic rings. The van der Waals surface area contributed by atoms with Crippen molar-refractivity contribution >= 4 is 0 Å². The Morgan fingerprint density at radius 1 is 1.18 bits per heavy atom. The molecule has 1 aromatic heterocycles. The Hall–Kier alpha value is -0.830. The second kappa shape index (κ2) is 5.21. The van der Waals surface area contributed by atoms with Gasteiger partial charge in [-0.05, 0) is 31.2 Å². The maximum atomic E-state index is 4.86. The van der Waals surface area contributed by atoms with Crippen LogP contribution in [0.3, 0.4) is 0 Å². The first-order valence-electron chi connectivity index (χ1n) is 6.90. The fourth-order valence-corrected chi connectivity index (χ4v) is 2.58. The molecule has 17 heavy (non-hydrogen) atoms. The standard InChI is InChI=1S/C14H25N3/c1-9(2)12-13(10(3)4)17-14(16-12)11-6-5-7-15-8-11/h9-11,15H,5-8H2,1-4H3,(H,16,17). The summed E-state index contributed by atoms with van der Waals surface area (Å²) in [6.45, 7) is 11.2. The highest BCUT2D eigenvalue weighted by molar-refractivity contribution is 5.23. The van der Waals surface area contributed by atoms with Gasteiger partial charge in [-0.25, -0.2) is 4.98 Å². The summed E-state index contributed by atoms with van der Waals surface area (Å²) in [7, 11) is 0. The summed E-state index contributed by atoms with van der Waals surface area (Å²) in [5.74, 6) is 2.82. The summed E-state index contributed by atoms with van der Waals surface area (Å²) in [5, 5.41) is 3.46. The Kier molecular flexibility index (Phi) is 3.87. The van der Waals surface area contributed by atoms with Crippen molar-refractivity contribution in [3.8, 4) is 0 Å². The SMILES string of the molecule is CC(C)c1nc(C2CCCNC2)[nH]c1C(C)C. The molecule has 0 aliphatic carbocycles. The molecule has 2 rings (SSSR count). The van der Waals surface area contributed by atoms with Crippen LogP contribution in [0.5, 0.6) is 0 Å². The Morgan fingerprint density at radius 3 is 2.41 bits per heavy atom. The molecule has 1 unspecified atom stereocenters. The normalized spacial score (nSPS) is 21.4. The molecule has 3 heteroatoms. The molecule has 0 saturated carbocycles. The van der Waals surface area contributed by atoms with E-state index in [2.05, 4.69) is 38.0 Å². The van der Waals surface area contributed by atoms with Crippen molar-refractivity contribution in [3.63, 3.8) is 0 Å². The average molecular weight is 235 g/mol. The Labute approximate surface area is 104 Å². The van der Waals surface area contributed by atoms with Crippen molar-refractivity contribution in [3.05, 3.63) is 17.2 Å². The first-order chi connectivity index (χ1) is 8.09. The molecule has 0 spiro atoms. The van der Waals surface area contributed by atoms with Gasteiger partial charge in [0.1, 0.15) is 5.82 Å². The number of hydrogen-bond acceptors (Lipinski definition) is 2. The third-order valence-corrected chi connectivity index (χ3v) is 3.59. The van der Waals surface area contributed by atoms with Gasteiger partial charge < -0.3 is 10.3 Å². The third-order valence-electron chi connectivity index (χ3n) is 3.59. The van der Waals surface area contributed by atoms with Crippen LogP contribution >= 0.6 is 0 Å². The molecule has 1 saturated heterocycles. The van der Waals surface area contributed by atoms with Gasteiger partial charge in [-0.15, -0.1) is 0 Å². The van der Waals surface area contributed by atoms with Crippen LogP contribution in [0.2, 0.25) is 0 Å². The van der Waals surface area contributed by atoms with Crippen LogP contribution in [0.1, 0.15) is 75.5 Å². The van der Waals surface area contributed by atoms with E-state index in [0.29, 0.717) is 17.8 Å². The van der Waals surface area contributed by atoms with Gasteiger partial charge in [0.05, 0.1) is 5.69 Å². The topological polar surface area (TPSA) is 40.7 Å². The Morgan fingerprint density at radius 2 is 1.94 bits per heavy atom. The van der Waals surface area contributed by atoms with E-state index in [1.807, 2.05) is 0 Å². The maximum Gasteiger partial charge on any atom is 0.110 e. The second-order valence-corrected chi connectivity index (χ2v) is 5.77. The van der Waals surface area contributed by atoms with Crippen molar-refractivity contribution in [2.24, 2.45) is 0 Å². The molecule has 1 aliphatic heterocycles. The molecule has 2 heterocycles. The molecule has 1 aliphatic rings. The number of aromatic amines is 1. The first-order valence-corrected chi connectivity index (χ1v) is 6.90. The lowest BCUT2D eigenvalue weighted by molar-refractivity contribution is 0.448. The van der Waals surface area contributed by atoms with Crippen LogP contribution < -0.4 is 5.32 Å². The van der Waals surface area contributed by atoms with E-state index in [1.54, 1.807) is 0 Å². The summed E-state index contributed by atoms with van der Waals surface area (Å²) in [5.41, 5.74) is 2.60. The number of aromatic nitrogens is 2. The Bertz CT molecular complexity index is 334. The van der Waals surface area contributed by atoms with Crippen LogP contribution in [0.15, 0.2) is 0 Å². The van der Waals surface area contributed by atoms with Crippen LogP contribution in [-0.4, -0.2) is 23.1 Å². The van der Waals surface area contributed by atoms with E-state index in [-0.39, 0.29) is 0 Å². The Balaban J connectivity index is 2.26. The minimum absolute atomic E-state index is 0.508. The summed E-state index contributed by atoms with van der Waals surface area (Å²) in [6.07, 6.45) is 2.52. The smallest absolute Gasteiger partial charge is 0.110 e. The maximum absolute atomic E-state index is 4.86. The lowest BCUT2D eigenvalue weighted by Crippen LogP contribution is -2.29. The summed E-state index contributed by atoms with van der Waals surface area (Å²) in [6, 6.07) is 0. The van der Waals surface area contributed by atoms with Crippen LogP contribution in [0.4, 0.5) is 0 Å². The molecule has 3 nitrogen and oxygen atoms in total. The van der Waals surface area contributed by atoms with Gasteiger partial charge in [-0.1, -0.05) is 27.7 Å². The zero-order valence-corrected chi connectivity index (χ0v) is 11.5. The number of hydrogen-bond donors (Lipinski definition) is 2. The zero-order valence-electron chi connectivity index (χ0n) is 11.5.